The van der Waals surface area contributed by atoms with Gasteiger partial charge in [0.05, 0.1) is 0 Å². The van der Waals surface area contributed by atoms with Gasteiger partial charge in [-0.15, -0.1) is 0 Å². The fourth-order valence-corrected chi connectivity index (χ4v) is 2.25. The molecule has 1 atom stereocenters. The molecule has 1 amide bonds. The lowest BCUT2D eigenvalue weighted by Gasteiger charge is -2.13. The summed E-state index contributed by atoms with van der Waals surface area (Å²) < 4.78 is 5.41. The molecule has 0 fully saturated rings. The van der Waals surface area contributed by atoms with Crippen molar-refractivity contribution < 1.29 is 9.53 Å². The average Bonchev–Trinajstić information content (AvgIpc) is 2.56. The van der Waals surface area contributed by atoms with Crippen LogP contribution < -0.4 is 15.8 Å². The first kappa shape index (κ1) is 17.0. The van der Waals surface area contributed by atoms with Crippen LogP contribution in [-0.4, -0.2) is 19.1 Å². The Labute approximate surface area is 137 Å². The molecule has 0 heterocycles. The van der Waals surface area contributed by atoms with Gasteiger partial charge in [-0.25, -0.2) is 0 Å². The lowest BCUT2D eigenvalue weighted by molar-refractivity contribution is -0.119. The van der Waals surface area contributed by atoms with Crippen LogP contribution in [0.2, 0.25) is 0 Å². The van der Waals surface area contributed by atoms with Crippen LogP contribution in [-0.2, 0) is 11.2 Å². The monoisotopic (exact) mass is 312 g/mol. The van der Waals surface area contributed by atoms with Crippen molar-refractivity contribution in [3.8, 4) is 5.75 Å². The third-order valence-electron chi connectivity index (χ3n) is 3.62. The summed E-state index contributed by atoms with van der Waals surface area (Å²) in [5.41, 5.74) is 8.56. The second-order valence-corrected chi connectivity index (χ2v) is 5.74. The van der Waals surface area contributed by atoms with E-state index < -0.39 is 0 Å². The Hall–Kier alpha value is -2.33. The smallest absolute Gasteiger partial charge is 0.227 e. The van der Waals surface area contributed by atoms with Crippen LogP contribution in [0, 0.1) is 12.8 Å². The summed E-state index contributed by atoms with van der Waals surface area (Å²) in [7, 11) is 0. The van der Waals surface area contributed by atoms with Crippen molar-refractivity contribution >= 4 is 11.6 Å². The SMILES string of the molecule is Cc1ccc(CC(C)C(=O)Nc2ccc(OCCN)cc2)cc1. The van der Waals surface area contributed by atoms with E-state index >= 15 is 0 Å². The van der Waals surface area contributed by atoms with E-state index in [9.17, 15) is 4.79 Å². The van der Waals surface area contributed by atoms with Gasteiger partial charge in [0.2, 0.25) is 5.91 Å². The van der Waals surface area contributed by atoms with Crippen molar-refractivity contribution in [1.29, 1.82) is 0 Å². The van der Waals surface area contributed by atoms with Gasteiger partial charge < -0.3 is 15.8 Å². The molecule has 0 aliphatic carbocycles. The highest BCUT2D eigenvalue weighted by Crippen LogP contribution is 2.17. The zero-order valence-corrected chi connectivity index (χ0v) is 13.7. The predicted octanol–water partition coefficient (Wildman–Crippen LogP) is 3.15. The predicted molar refractivity (Wildman–Crippen MR) is 93.7 cm³/mol. The van der Waals surface area contributed by atoms with E-state index in [0.29, 0.717) is 13.2 Å². The van der Waals surface area contributed by atoms with Crippen LogP contribution in [0.1, 0.15) is 18.1 Å². The Bertz CT molecular complexity index is 621. The molecular weight excluding hydrogens is 288 g/mol. The standard InChI is InChI=1S/C19H24N2O2/c1-14-3-5-16(6-4-14)13-15(2)19(22)21-17-7-9-18(10-8-17)23-12-11-20/h3-10,15H,11-13,20H2,1-2H3,(H,21,22). The van der Waals surface area contributed by atoms with Gasteiger partial charge in [-0.05, 0) is 43.2 Å². The van der Waals surface area contributed by atoms with Crippen molar-refractivity contribution in [3.05, 3.63) is 59.7 Å². The van der Waals surface area contributed by atoms with Gasteiger partial charge >= 0.3 is 0 Å². The molecule has 0 aliphatic heterocycles. The van der Waals surface area contributed by atoms with Gasteiger partial charge in [0.1, 0.15) is 12.4 Å². The summed E-state index contributed by atoms with van der Waals surface area (Å²) >= 11 is 0. The highest BCUT2D eigenvalue weighted by Gasteiger charge is 2.13. The van der Waals surface area contributed by atoms with Gasteiger partial charge in [0, 0.05) is 18.2 Å². The maximum absolute atomic E-state index is 12.3. The molecule has 3 N–H and O–H groups in total. The third kappa shape index (κ3) is 5.42. The van der Waals surface area contributed by atoms with E-state index in [2.05, 4.69) is 36.5 Å². The second kappa shape index (κ2) is 8.34. The molecule has 4 nitrogen and oxygen atoms in total. The quantitative estimate of drug-likeness (QED) is 0.825. The van der Waals surface area contributed by atoms with Crippen molar-refractivity contribution in [2.45, 2.75) is 20.3 Å². The number of nitrogens with one attached hydrogen (secondary N) is 1. The molecule has 23 heavy (non-hydrogen) atoms. The second-order valence-electron chi connectivity index (χ2n) is 5.74. The van der Waals surface area contributed by atoms with E-state index in [1.54, 1.807) is 0 Å². The number of hydrogen-bond donors (Lipinski definition) is 2. The molecule has 2 aromatic carbocycles. The minimum Gasteiger partial charge on any atom is -0.492 e. The third-order valence-corrected chi connectivity index (χ3v) is 3.62. The van der Waals surface area contributed by atoms with Crippen LogP contribution in [0.4, 0.5) is 5.69 Å². The lowest BCUT2D eigenvalue weighted by Crippen LogP contribution is -2.22. The number of rotatable bonds is 7. The van der Waals surface area contributed by atoms with Gasteiger partial charge in [0.25, 0.3) is 0 Å². The molecule has 0 aromatic heterocycles. The number of ether oxygens (including phenoxy) is 1. The number of carbonyl (C=O) groups excluding carboxylic acids is 1. The number of carbonyl (C=O) groups is 1. The number of amides is 1. The Morgan fingerprint density at radius 3 is 2.39 bits per heavy atom. The van der Waals surface area contributed by atoms with E-state index in [1.165, 1.54) is 11.1 Å². The maximum Gasteiger partial charge on any atom is 0.227 e. The molecule has 0 radical (unpaired) electrons. The molecule has 0 spiro atoms. The first-order chi connectivity index (χ1) is 11.1. The van der Waals surface area contributed by atoms with E-state index in [4.69, 9.17) is 10.5 Å². The fourth-order valence-electron chi connectivity index (χ4n) is 2.25. The van der Waals surface area contributed by atoms with Crippen LogP contribution >= 0.6 is 0 Å². The highest BCUT2D eigenvalue weighted by molar-refractivity contribution is 5.92. The Morgan fingerprint density at radius 2 is 1.78 bits per heavy atom. The first-order valence-corrected chi connectivity index (χ1v) is 7.88. The zero-order valence-electron chi connectivity index (χ0n) is 13.7. The Kier molecular flexibility index (Phi) is 6.18. The van der Waals surface area contributed by atoms with Crippen LogP contribution in [0.15, 0.2) is 48.5 Å². The Morgan fingerprint density at radius 1 is 1.13 bits per heavy atom. The topological polar surface area (TPSA) is 64.3 Å². The molecule has 0 saturated heterocycles. The normalized spacial score (nSPS) is 11.8. The van der Waals surface area contributed by atoms with Crippen molar-refractivity contribution in [2.75, 3.05) is 18.5 Å². The number of anilines is 1. The number of aryl methyl sites for hydroxylation is 1. The number of benzene rings is 2. The van der Waals surface area contributed by atoms with Crippen LogP contribution in [0.5, 0.6) is 5.75 Å². The van der Waals surface area contributed by atoms with Gasteiger partial charge in [-0.1, -0.05) is 36.8 Å². The maximum atomic E-state index is 12.3. The molecule has 2 rings (SSSR count). The molecule has 122 valence electrons. The van der Waals surface area contributed by atoms with Gasteiger partial charge in [-0.2, -0.15) is 0 Å². The van der Waals surface area contributed by atoms with Gasteiger partial charge in [0.15, 0.2) is 0 Å². The molecule has 0 aliphatic rings. The lowest BCUT2D eigenvalue weighted by atomic mass is 9.99. The molecule has 4 heteroatoms. The summed E-state index contributed by atoms with van der Waals surface area (Å²) in [5.74, 6) is 0.674. The highest BCUT2D eigenvalue weighted by atomic mass is 16.5. The summed E-state index contributed by atoms with van der Waals surface area (Å²) in [6, 6.07) is 15.6. The molecule has 2 aromatic rings. The minimum atomic E-state index is -0.0918. The van der Waals surface area contributed by atoms with Crippen LogP contribution in [0.25, 0.3) is 0 Å². The van der Waals surface area contributed by atoms with Crippen molar-refractivity contribution in [3.63, 3.8) is 0 Å². The van der Waals surface area contributed by atoms with Crippen molar-refractivity contribution in [2.24, 2.45) is 11.7 Å². The largest absolute Gasteiger partial charge is 0.492 e. The molecule has 0 saturated carbocycles. The molecular formula is C19H24N2O2. The summed E-state index contributed by atoms with van der Waals surface area (Å²) in [6.07, 6.45) is 0.726. The van der Waals surface area contributed by atoms with Crippen LogP contribution in [0.3, 0.4) is 0 Å². The molecule has 1 unspecified atom stereocenters. The van der Waals surface area contributed by atoms with Gasteiger partial charge in [-0.3, -0.25) is 4.79 Å². The summed E-state index contributed by atoms with van der Waals surface area (Å²) in [4.78, 5) is 12.3. The van der Waals surface area contributed by atoms with E-state index in [-0.39, 0.29) is 11.8 Å². The summed E-state index contributed by atoms with van der Waals surface area (Å²) in [5, 5.41) is 2.94. The minimum absolute atomic E-state index is 0.0150. The van der Waals surface area contributed by atoms with Crippen molar-refractivity contribution in [1.82, 2.24) is 0 Å². The van der Waals surface area contributed by atoms with E-state index in [0.717, 1.165) is 17.9 Å². The fraction of sp³-hybridized carbons (Fsp3) is 0.316. The van der Waals surface area contributed by atoms with E-state index in [1.807, 2.05) is 31.2 Å². The molecule has 0 bridgehead atoms. The number of hydrogen-bond acceptors (Lipinski definition) is 3. The average molecular weight is 312 g/mol. The zero-order chi connectivity index (χ0) is 16.7. The first-order valence-electron chi connectivity index (χ1n) is 7.88. The number of nitrogens with two attached hydrogens (primary N) is 1. The summed E-state index contributed by atoms with van der Waals surface area (Å²) in [6.45, 7) is 4.96. The Balaban J connectivity index is 1.88.